The largest absolute Gasteiger partial charge is 0.342 e. The first-order valence-electron chi connectivity index (χ1n) is 14.5. The molecule has 0 bridgehead atoms. The van der Waals surface area contributed by atoms with Crippen LogP contribution < -0.4 is 0 Å². The van der Waals surface area contributed by atoms with Gasteiger partial charge in [-0.2, -0.15) is 0 Å². The Bertz CT molecular complexity index is 1130. The molecule has 3 aliphatic rings. The number of likely N-dealkylation sites (tertiary alicyclic amines) is 3. The van der Waals surface area contributed by atoms with Crippen LogP contribution in [0.3, 0.4) is 0 Å². The van der Waals surface area contributed by atoms with Gasteiger partial charge in [-0.25, -0.2) is 13.2 Å². The second-order valence-electron chi connectivity index (χ2n) is 11.6. The van der Waals surface area contributed by atoms with Gasteiger partial charge in [-0.1, -0.05) is 30.2 Å². The van der Waals surface area contributed by atoms with Gasteiger partial charge in [0.1, 0.15) is 5.82 Å². The molecule has 0 aliphatic carbocycles. The van der Waals surface area contributed by atoms with Crippen LogP contribution in [-0.2, 0) is 16.6 Å². The molecule has 1 amide bonds. The minimum absolute atomic E-state index is 0.122. The molecule has 0 spiro atoms. The predicted molar refractivity (Wildman–Crippen MR) is 148 cm³/mol. The molecule has 0 unspecified atom stereocenters. The third kappa shape index (κ3) is 6.63. The quantitative estimate of drug-likeness (QED) is 0.403. The molecule has 0 radical (unpaired) electrons. The van der Waals surface area contributed by atoms with Crippen LogP contribution in [0.25, 0.3) is 0 Å². The minimum Gasteiger partial charge on any atom is -0.342 e. The van der Waals surface area contributed by atoms with E-state index in [1.165, 1.54) is 56.6 Å². The molecule has 3 fully saturated rings. The second-order valence-corrected chi connectivity index (χ2v) is 12.0. The smallest absolute Gasteiger partial charge is 0.227 e. The van der Waals surface area contributed by atoms with Crippen molar-refractivity contribution in [3.63, 3.8) is 0 Å². The highest BCUT2D eigenvalue weighted by atomic mass is 35.5. The molecular formula is C31H39ClF3N3O. The summed E-state index contributed by atoms with van der Waals surface area (Å²) in [5, 5.41) is 0.236. The molecule has 3 aliphatic heterocycles. The van der Waals surface area contributed by atoms with E-state index in [2.05, 4.69) is 9.80 Å². The Balaban J connectivity index is 1.29. The normalized spacial score (nSPS) is 23.7. The van der Waals surface area contributed by atoms with E-state index in [0.29, 0.717) is 19.1 Å². The van der Waals surface area contributed by atoms with Crippen LogP contribution in [0.2, 0.25) is 5.02 Å². The number of carbonyl (C=O) groups excluding carboxylic acids is 1. The Labute approximate surface area is 235 Å². The maximum absolute atomic E-state index is 14.4. The van der Waals surface area contributed by atoms with Gasteiger partial charge in [0.2, 0.25) is 5.91 Å². The molecule has 5 rings (SSSR count). The summed E-state index contributed by atoms with van der Waals surface area (Å²) >= 11 is 6.20. The summed E-state index contributed by atoms with van der Waals surface area (Å²) in [5.41, 5.74) is 0.432. The first kappa shape index (κ1) is 28.4. The van der Waals surface area contributed by atoms with Crippen molar-refractivity contribution in [2.24, 2.45) is 0 Å². The molecule has 4 nitrogen and oxygen atoms in total. The number of nitrogens with zero attached hydrogens (tertiary/aromatic N) is 3. The van der Waals surface area contributed by atoms with E-state index in [9.17, 15) is 18.0 Å². The Kier molecular flexibility index (Phi) is 9.20. The third-order valence-electron chi connectivity index (χ3n) is 9.22. The number of piperidine rings is 3. The van der Waals surface area contributed by atoms with Crippen molar-refractivity contribution in [2.45, 2.75) is 69.2 Å². The maximum Gasteiger partial charge on any atom is 0.227 e. The average molecular weight is 562 g/mol. The highest BCUT2D eigenvalue weighted by Crippen LogP contribution is 2.39. The van der Waals surface area contributed by atoms with E-state index in [1.54, 1.807) is 17.0 Å². The third-order valence-corrected chi connectivity index (χ3v) is 9.58. The van der Waals surface area contributed by atoms with E-state index >= 15 is 0 Å². The molecule has 3 heterocycles. The lowest BCUT2D eigenvalue weighted by Crippen LogP contribution is -2.51. The summed E-state index contributed by atoms with van der Waals surface area (Å²) < 4.78 is 42.7. The van der Waals surface area contributed by atoms with Crippen molar-refractivity contribution in [1.29, 1.82) is 0 Å². The van der Waals surface area contributed by atoms with E-state index < -0.39 is 22.9 Å². The number of amides is 1. The lowest BCUT2D eigenvalue weighted by atomic mass is 9.71. The summed E-state index contributed by atoms with van der Waals surface area (Å²) in [7, 11) is 0. The van der Waals surface area contributed by atoms with E-state index in [1.807, 2.05) is 0 Å². The fourth-order valence-corrected chi connectivity index (χ4v) is 7.11. The van der Waals surface area contributed by atoms with E-state index in [0.717, 1.165) is 57.3 Å². The van der Waals surface area contributed by atoms with Crippen molar-refractivity contribution in [3.8, 4) is 0 Å². The standard InChI is InChI=1S/C31H39ClF3N3O/c32-26-6-4-7-27(33)25(26)21-30(39)38-16-5-12-31(22-38,23-8-9-28(34)29(35)20-23)13-19-36-17-10-24(11-18-36)37-14-2-1-3-15-37/h4,6-9,20,24H,1-3,5,10-19,21-22H2/t31-/m1/s1. The monoisotopic (exact) mass is 561 g/mol. The van der Waals surface area contributed by atoms with Gasteiger partial charge in [-0.3, -0.25) is 4.79 Å². The van der Waals surface area contributed by atoms with Gasteiger partial charge >= 0.3 is 0 Å². The number of hydrogen-bond donors (Lipinski definition) is 0. The van der Waals surface area contributed by atoms with Crippen molar-refractivity contribution >= 4 is 17.5 Å². The first-order valence-corrected chi connectivity index (χ1v) is 14.8. The van der Waals surface area contributed by atoms with Crippen LogP contribution in [0.15, 0.2) is 36.4 Å². The Hall–Kier alpha value is -2.09. The highest BCUT2D eigenvalue weighted by molar-refractivity contribution is 6.31. The van der Waals surface area contributed by atoms with Crippen LogP contribution in [0, 0.1) is 17.5 Å². The lowest BCUT2D eigenvalue weighted by Gasteiger charge is -2.45. The molecule has 2 aromatic carbocycles. The maximum atomic E-state index is 14.4. The number of rotatable bonds is 7. The van der Waals surface area contributed by atoms with Crippen molar-refractivity contribution in [1.82, 2.24) is 14.7 Å². The molecule has 212 valence electrons. The number of benzene rings is 2. The van der Waals surface area contributed by atoms with Gasteiger partial charge in [0.05, 0.1) is 6.42 Å². The zero-order chi connectivity index (χ0) is 27.4. The second kappa shape index (κ2) is 12.6. The number of hydrogen-bond acceptors (Lipinski definition) is 3. The summed E-state index contributed by atoms with van der Waals surface area (Å²) in [4.78, 5) is 20.3. The van der Waals surface area contributed by atoms with Crippen LogP contribution in [-0.4, -0.2) is 72.5 Å². The van der Waals surface area contributed by atoms with Gasteiger partial charge in [0.25, 0.3) is 0 Å². The van der Waals surface area contributed by atoms with Crippen LogP contribution in [0.1, 0.15) is 62.5 Å². The van der Waals surface area contributed by atoms with Gasteiger partial charge in [-0.05, 0) is 107 Å². The summed E-state index contributed by atoms with van der Waals surface area (Å²) in [6.07, 6.45) is 8.41. The molecule has 0 saturated carbocycles. The van der Waals surface area contributed by atoms with Crippen molar-refractivity contribution in [3.05, 3.63) is 70.0 Å². The molecule has 1 atom stereocenters. The molecule has 39 heavy (non-hydrogen) atoms. The summed E-state index contributed by atoms with van der Waals surface area (Å²) in [5.74, 6) is -2.42. The molecule has 8 heteroatoms. The average Bonchev–Trinajstić information content (AvgIpc) is 2.96. The molecule has 0 N–H and O–H groups in total. The van der Waals surface area contributed by atoms with Gasteiger partial charge in [0.15, 0.2) is 11.6 Å². The SMILES string of the molecule is O=C(Cc1c(F)cccc1Cl)N1CCC[C@](CCN2CCC(N3CCCCC3)CC2)(c2ccc(F)c(F)c2)C1. The van der Waals surface area contributed by atoms with Crippen molar-refractivity contribution < 1.29 is 18.0 Å². The Morgan fingerprint density at radius 3 is 2.38 bits per heavy atom. The Morgan fingerprint density at radius 2 is 1.67 bits per heavy atom. The zero-order valence-electron chi connectivity index (χ0n) is 22.6. The van der Waals surface area contributed by atoms with E-state index in [4.69, 9.17) is 11.6 Å². The Morgan fingerprint density at radius 1 is 0.897 bits per heavy atom. The topological polar surface area (TPSA) is 26.8 Å². The fraction of sp³-hybridized carbons (Fsp3) is 0.581. The number of carbonyl (C=O) groups is 1. The van der Waals surface area contributed by atoms with Gasteiger partial charge in [0, 0.05) is 35.1 Å². The van der Waals surface area contributed by atoms with E-state index in [-0.39, 0.29) is 22.9 Å². The van der Waals surface area contributed by atoms with Crippen molar-refractivity contribution in [2.75, 3.05) is 45.8 Å². The number of halogens is 4. The lowest BCUT2D eigenvalue weighted by molar-refractivity contribution is -0.133. The summed E-state index contributed by atoms with van der Waals surface area (Å²) in [6.45, 7) is 6.28. The molecule has 0 aromatic heterocycles. The van der Waals surface area contributed by atoms with Gasteiger partial charge in [-0.15, -0.1) is 0 Å². The molecule has 3 saturated heterocycles. The summed E-state index contributed by atoms with van der Waals surface area (Å²) in [6, 6.07) is 9.25. The molecule has 2 aromatic rings. The van der Waals surface area contributed by atoms with Crippen LogP contribution in [0.5, 0.6) is 0 Å². The minimum atomic E-state index is -0.869. The zero-order valence-corrected chi connectivity index (χ0v) is 23.4. The highest BCUT2D eigenvalue weighted by Gasteiger charge is 2.40. The predicted octanol–water partition coefficient (Wildman–Crippen LogP) is 6.20. The fourth-order valence-electron chi connectivity index (χ4n) is 6.88. The van der Waals surface area contributed by atoms with Crippen LogP contribution >= 0.6 is 11.6 Å². The first-order chi connectivity index (χ1) is 18.8. The van der Waals surface area contributed by atoms with Crippen LogP contribution in [0.4, 0.5) is 13.2 Å². The van der Waals surface area contributed by atoms with Gasteiger partial charge < -0.3 is 14.7 Å². The molecular weight excluding hydrogens is 523 g/mol.